The van der Waals surface area contributed by atoms with Crippen molar-refractivity contribution in [2.75, 3.05) is 27.2 Å². The number of rotatable bonds is 3. The summed E-state index contributed by atoms with van der Waals surface area (Å²) in [6.45, 7) is 1.63. The number of nitrogens with zero attached hydrogens (tertiary/aromatic N) is 2. The summed E-state index contributed by atoms with van der Waals surface area (Å²) in [5.74, 6) is 0.629. The Bertz CT molecular complexity index is 823. The number of likely N-dealkylation sites (N-methyl/N-ethyl adjacent to an activating group) is 1. The molecule has 0 N–H and O–H groups in total. The predicted octanol–water partition coefficient (Wildman–Crippen LogP) is 3.54. The first-order valence-corrected chi connectivity index (χ1v) is 9.49. The van der Waals surface area contributed by atoms with Crippen molar-refractivity contribution in [3.05, 3.63) is 65.5 Å². The fourth-order valence-electron chi connectivity index (χ4n) is 4.70. The van der Waals surface area contributed by atoms with E-state index in [9.17, 15) is 9.18 Å². The molecule has 142 valence electrons. The van der Waals surface area contributed by atoms with Gasteiger partial charge in [0.05, 0.1) is 13.2 Å². The minimum absolute atomic E-state index is 0.0713. The molecule has 2 aromatic carbocycles. The Morgan fingerprint density at radius 2 is 1.96 bits per heavy atom. The first-order chi connectivity index (χ1) is 13.1. The number of ether oxygens (including phenoxy) is 1. The van der Waals surface area contributed by atoms with Crippen LogP contribution in [0.15, 0.2) is 48.5 Å². The molecule has 0 radical (unpaired) electrons. The molecular weight excluding hydrogens is 343 g/mol. The van der Waals surface area contributed by atoms with E-state index in [1.54, 1.807) is 19.2 Å². The number of methoxy groups -OCH3 is 1. The van der Waals surface area contributed by atoms with Crippen LogP contribution in [0.25, 0.3) is 0 Å². The molecule has 0 aromatic heterocycles. The molecule has 4 nitrogen and oxygen atoms in total. The molecule has 3 atom stereocenters. The molecule has 5 heteroatoms. The van der Waals surface area contributed by atoms with Crippen molar-refractivity contribution >= 4 is 5.91 Å². The maximum absolute atomic E-state index is 13.6. The lowest BCUT2D eigenvalue weighted by atomic mass is 9.85. The van der Waals surface area contributed by atoms with Crippen molar-refractivity contribution in [2.45, 2.75) is 30.8 Å². The molecule has 2 aliphatic heterocycles. The van der Waals surface area contributed by atoms with Crippen LogP contribution in [0.1, 0.15) is 34.7 Å². The molecule has 2 aliphatic rings. The average molecular weight is 368 g/mol. The Labute approximate surface area is 159 Å². The van der Waals surface area contributed by atoms with Gasteiger partial charge in [0.15, 0.2) is 0 Å². The zero-order valence-electron chi connectivity index (χ0n) is 15.8. The van der Waals surface area contributed by atoms with Crippen LogP contribution in [0.2, 0.25) is 0 Å². The lowest BCUT2D eigenvalue weighted by Gasteiger charge is -2.41. The molecule has 2 saturated heterocycles. The molecule has 0 spiro atoms. The zero-order chi connectivity index (χ0) is 19.0. The summed E-state index contributed by atoms with van der Waals surface area (Å²) < 4.78 is 18.9. The van der Waals surface area contributed by atoms with E-state index in [0.717, 1.165) is 31.7 Å². The maximum Gasteiger partial charge on any atom is 0.254 e. The van der Waals surface area contributed by atoms with E-state index in [1.807, 2.05) is 17.0 Å². The number of carbonyl (C=O) groups is 1. The lowest BCUT2D eigenvalue weighted by molar-refractivity contribution is 0.0524. The minimum atomic E-state index is -0.371. The van der Waals surface area contributed by atoms with Crippen LogP contribution >= 0.6 is 0 Å². The second-order valence-corrected chi connectivity index (χ2v) is 7.53. The quantitative estimate of drug-likeness (QED) is 0.831. The highest BCUT2D eigenvalue weighted by molar-refractivity contribution is 5.94. The number of hydrogen-bond acceptors (Lipinski definition) is 3. The van der Waals surface area contributed by atoms with E-state index in [-0.39, 0.29) is 23.7 Å². The molecule has 1 amide bonds. The van der Waals surface area contributed by atoms with E-state index in [4.69, 9.17) is 4.74 Å². The van der Waals surface area contributed by atoms with Crippen LogP contribution in [-0.2, 0) is 0 Å². The Kier molecular flexibility index (Phi) is 4.87. The zero-order valence-corrected chi connectivity index (χ0v) is 15.8. The maximum atomic E-state index is 13.6. The SMILES string of the molecule is COc1ccc([C@H]2CN(C)[C@@H]3CCCN(C(=O)c4cccc(F)c4)[C@H]23)cc1. The number of amides is 1. The molecule has 2 fully saturated rings. The molecule has 0 saturated carbocycles. The Hall–Kier alpha value is -2.40. The molecular formula is C22H25FN2O2. The third-order valence-corrected chi connectivity index (χ3v) is 5.99. The van der Waals surface area contributed by atoms with Gasteiger partial charge in [0.25, 0.3) is 5.91 Å². The second-order valence-electron chi connectivity index (χ2n) is 7.53. The highest BCUT2D eigenvalue weighted by Crippen LogP contribution is 2.40. The Balaban J connectivity index is 1.66. The molecule has 4 rings (SSSR count). The van der Waals surface area contributed by atoms with Crippen molar-refractivity contribution in [3.63, 3.8) is 0 Å². The fourth-order valence-corrected chi connectivity index (χ4v) is 4.70. The van der Waals surface area contributed by atoms with E-state index in [0.29, 0.717) is 11.6 Å². The van der Waals surface area contributed by atoms with Crippen LogP contribution in [-0.4, -0.2) is 55.0 Å². The predicted molar refractivity (Wildman–Crippen MR) is 103 cm³/mol. The molecule has 27 heavy (non-hydrogen) atoms. The van der Waals surface area contributed by atoms with Gasteiger partial charge in [-0.05, 0) is 55.8 Å². The largest absolute Gasteiger partial charge is 0.497 e. The van der Waals surface area contributed by atoms with Gasteiger partial charge in [0.2, 0.25) is 0 Å². The lowest BCUT2D eigenvalue weighted by Crippen LogP contribution is -2.52. The number of benzene rings is 2. The third-order valence-electron chi connectivity index (χ3n) is 5.99. The van der Waals surface area contributed by atoms with Gasteiger partial charge in [0.1, 0.15) is 11.6 Å². The average Bonchev–Trinajstić information content (AvgIpc) is 3.04. The number of fused-ring (bicyclic) bond motifs is 1. The Morgan fingerprint density at radius 1 is 1.19 bits per heavy atom. The summed E-state index contributed by atoms with van der Waals surface area (Å²) in [6.07, 6.45) is 2.06. The topological polar surface area (TPSA) is 32.8 Å². The fraction of sp³-hybridized carbons (Fsp3) is 0.409. The third kappa shape index (κ3) is 3.32. The van der Waals surface area contributed by atoms with E-state index in [2.05, 4.69) is 24.1 Å². The molecule has 2 heterocycles. The number of likely N-dealkylation sites (tertiary alicyclic amines) is 2. The van der Waals surface area contributed by atoms with Gasteiger partial charge in [0, 0.05) is 30.6 Å². The van der Waals surface area contributed by atoms with Crippen LogP contribution in [0, 0.1) is 5.82 Å². The summed E-state index contributed by atoms with van der Waals surface area (Å²) in [7, 11) is 3.80. The number of halogens is 1. The molecule has 0 bridgehead atoms. The van der Waals surface area contributed by atoms with Gasteiger partial charge in [-0.25, -0.2) is 4.39 Å². The van der Waals surface area contributed by atoms with Crippen LogP contribution in [0.3, 0.4) is 0 Å². The molecule has 0 unspecified atom stereocenters. The number of piperidine rings is 1. The Morgan fingerprint density at radius 3 is 2.67 bits per heavy atom. The van der Waals surface area contributed by atoms with Crippen molar-refractivity contribution < 1.29 is 13.9 Å². The first-order valence-electron chi connectivity index (χ1n) is 9.49. The number of carbonyl (C=O) groups excluding carboxylic acids is 1. The molecule has 2 aromatic rings. The standard InChI is InChI=1S/C22H25FN2O2/c1-24-14-19(15-8-10-18(27-2)11-9-15)21-20(24)7-4-12-25(21)22(26)16-5-3-6-17(23)13-16/h3,5-6,8-11,13,19-21H,4,7,12,14H2,1-2H3/t19-,20-,21-/m1/s1. The van der Waals surface area contributed by atoms with Crippen molar-refractivity contribution in [1.82, 2.24) is 9.80 Å². The minimum Gasteiger partial charge on any atom is -0.497 e. The van der Waals surface area contributed by atoms with Gasteiger partial charge >= 0.3 is 0 Å². The van der Waals surface area contributed by atoms with Gasteiger partial charge in [-0.1, -0.05) is 18.2 Å². The number of hydrogen-bond donors (Lipinski definition) is 0. The summed E-state index contributed by atoms with van der Waals surface area (Å²) in [5, 5.41) is 0. The van der Waals surface area contributed by atoms with Crippen LogP contribution in [0.5, 0.6) is 5.75 Å². The van der Waals surface area contributed by atoms with E-state index < -0.39 is 0 Å². The van der Waals surface area contributed by atoms with Crippen molar-refractivity contribution in [2.24, 2.45) is 0 Å². The summed E-state index contributed by atoms with van der Waals surface area (Å²) in [4.78, 5) is 17.5. The van der Waals surface area contributed by atoms with Gasteiger partial charge in [-0.3, -0.25) is 4.79 Å². The second kappa shape index (κ2) is 7.31. The van der Waals surface area contributed by atoms with E-state index >= 15 is 0 Å². The summed E-state index contributed by atoms with van der Waals surface area (Å²) >= 11 is 0. The monoisotopic (exact) mass is 368 g/mol. The van der Waals surface area contributed by atoms with Crippen molar-refractivity contribution in [1.29, 1.82) is 0 Å². The highest BCUT2D eigenvalue weighted by atomic mass is 19.1. The van der Waals surface area contributed by atoms with Gasteiger partial charge in [-0.2, -0.15) is 0 Å². The summed E-state index contributed by atoms with van der Waals surface area (Å²) in [5.41, 5.74) is 1.65. The van der Waals surface area contributed by atoms with E-state index in [1.165, 1.54) is 17.7 Å². The smallest absolute Gasteiger partial charge is 0.254 e. The highest BCUT2D eigenvalue weighted by Gasteiger charge is 2.47. The molecule has 0 aliphatic carbocycles. The van der Waals surface area contributed by atoms with Gasteiger partial charge < -0.3 is 14.5 Å². The van der Waals surface area contributed by atoms with Crippen molar-refractivity contribution in [3.8, 4) is 5.75 Å². The van der Waals surface area contributed by atoms with Crippen LogP contribution in [0.4, 0.5) is 4.39 Å². The normalized spacial score (nSPS) is 25.3. The summed E-state index contributed by atoms with van der Waals surface area (Å²) in [6, 6.07) is 14.6. The van der Waals surface area contributed by atoms with Gasteiger partial charge in [-0.15, -0.1) is 0 Å². The van der Waals surface area contributed by atoms with Crippen LogP contribution < -0.4 is 4.74 Å². The first kappa shape index (κ1) is 18.0.